The van der Waals surface area contributed by atoms with Crippen molar-refractivity contribution < 1.29 is 4.74 Å². The first-order chi connectivity index (χ1) is 22.3. The standard InChI is InChI=1S/C44H30O/c1-2-14-29(15-3-1)32-18-4-5-20-35(32)43-38-23-8-6-21-36(38)42(37-22-7-9-24-39(37)43)31-17-12-16-30(28-31)33-25-13-26-40-34-19-10-11-27-41(34)45-44(33)40/h1-28,34,41H. The lowest BCUT2D eigenvalue weighted by Crippen LogP contribution is -2.15. The molecule has 0 amide bonds. The second-order valence-electron chi connectivity index (χ2n) is 11.9. The normalized spacial score (nSPS) is 16.4. The summed E-state index contributed by atoms with van der Waals surface area (Å²) in [5, 5.41) is 5.02. The van der Waals surface area contributed by atoms with Crippen LogP contribution in [0.4, 0.5) is 0 Å². The average Bonchev–Trinajstić information content (AvgIpc) is 3.50. The van der Waals surface area contributed by atoms with Gasteiger partial charge in [0.25, 0.3) is 0 Å². The Bertz CT molecular complexity index is 2250. The van der Waals surface area contributed by atoms with E-state index in [4.69, 9.17) is 4.74 Å². The van der Waals surface area contributed by atoms with Gasteiger partial charge in [0.05, 0.1) is 0 Å². The second kappa shape index (κ2) is 10.5. The molecule has 1 nitrogen and oxygen atoms in total. The van der Waals surface area contributed by atoms with Gasteiger partial charge in [-0.05, 0) is 72.6 Å². The maximum atomic E-state index is 6.56. The van der Waals surface area contributed by atoms with E-state index in [0.29, 0.717) is 0 Å². The first kappa shape index (κ1) is 25.8. The van der Waals surface area contributed by atoms with E-state index in [-0.39, 0.29) is 12.0 Å². The predicted molar refractivity (Wildman–Crippen MR) is 189 cm³/mol. The SMILES string of the molecule is C1=CC2Oc3c(-c4cccc(-c5c6ccccc6c(-c6ccccc6-c6ccccc6)c6ccccc56)c4)cccc3C2C=C1. The van der Waals surface area contributed by atoms with Gasteiger partial charge in [-0.15, -0.1) is 0 Å². The van der Waals surface area contributed by atoms with E-state index in [2.05, 4.69) is 170 Å². The molecule has 1 heteroatoms. The van der Waals surface area contributed by atoms with Crippen molar-refractivity contribution in [1.29, 1.82) is 0 Å². The Balaban J connectivity index is 1.28. The number of allylic oxidation sites excluding steroid dienone is 2. The zero-order valence-corrected chi connectivity index (χ0v) is 24.7. The van der Waals surface area contributed by atoms with Crippen LogP contribution in [0.2, 0.25) is 0 Å². The van der Waals surface area contributed by atoms with Crippen molar-refractivity contribution in [2.75, 3.05) is 0 Å². The van der Waals surface area contributed by atoms with Crippen LogP contribution >= 0.6 is 0 Å². The van der Waals surface area contributed by atoms with Crippen molar-refractivity contribution in [2.45, 2.75) is 12.0 Å². The molecule has 45 heavy (non-hydrogen) atoms. The van der Waals surface area contributed by atoms with Gasteiger partial charge in [-0.2, -0.15) is 0 Å². The molecule has 7 aromatic rings. The fourth-order valence-electron chi connectivity index (χ4n) is 7.43. The molecule has 2 atom stereocenters. The lowest BCUT2D eigenvalue weighted by Gasteiger charge is -2.20. The Morgan fingerprint density at radius 1 is 0.400 bits per heavy atom. The second-order valence-corrected chi connectivity index (χ2v) is 11.9. The van der Waals surface area contributed by atoms with Crippen LogP contribution in [0.25, 0.3) is 66.1 Å². The molecule has 7 aromatic carbocycles. The van der Waals surface area contributed by atoms with Gasteiger partial charge in [0.2, 0.25) is 0 Å². The van der Waals surface area contributed by atoms with E-state index in [1.54, 1.807) is 0 Å². The Labute approximate surface area is 263 Å². The van der Waals surface area contributed by atoms with Crippen LogP contribution in [-0.2, 0) is 0 Å². The Hall–Kier alpha value is -5.66. The molecule has 9 rings (SSSR count). The Morgan fingerprint density at radius 2 is 0.956 bits per heavy atom. The maximum absolute atomic E-state index is 6.56. The topological polar surface area (TPSA) is 9.23 Å². The smallest absolute Gasteiger partial charge is 0.132 e. The minimum atomic E-state index is 0.0635. The highest BCUT2D eigenvalue weighted by Gasteiger charge is 2.33. The summed E-state index contributed by atoms with van der Waals surface area (Å²) in [5.41, 5.74) is 11.0. The van der Waals surface area contributed by atoms with Crippen LogP contribution in [0.5, 0.6) is 5.75 Å². The molecule has 2 unspecified atom stereocenters. The van der Waals surface area contributed by atoms with Crippen LogP contribution in [0.1, 0.15) is 11.5 Å². The number of rotatable bonds is 4. The summed E-state index contributed by atoms with van der Waals surface area (Å²) in [6.07, 6.45) is 8.71. The van der Waals surface area contributed by atoms with E-state index in [1.807, 2.05) is 0 Å². The molecule has 1 aliphatic heterocycles. The number of hydrogen-bond donors (Lipinski definition) is 0. The molecule has 0 N–H and O–H groups in total. The quantitative estimate of drug-likeness (QED) is 0.190. The highest BCUT2D eigenvalue weighted by molar-refractivity contribution is 6.22. The zero-order chi connectivity index (χ0) is 29.7. The van der Waals surface area contributed by atoms with Crippen molar-refractivity contribution in [1.82, 2.24) is 0 Å². The van der Waals surface area contributed by atoms with Crippen molar-refractivity contribution in [3.05, 3.63) is 175 Å². The number of para-hydroxylation sites is 1. The van der Waals surface area contributed by atoms with Gasteiger partial charge in [0.1, 0.15) is 11.9 Å². The molecular weight excluding hydrogens is 544 g/mol. The monoisotopic (exact) mass is 574 g/mol. The molecule has 1 aliphatic carbocycles. The third kappa shape index (κ3) is 4.16. The first-order valence-corrected chi connectivity index (χ1v) is 15.7. The van der Waals surface area contributed by atoms with E-state index in [1.165, 1.54) is 66.1 Å². The summed E-state index contributed by atoms with van der Waals surface area (Å²) >= 11 is 0. The number of fused-ring (bicyclic) bond motifs is 5. The van der Waals surface area contributed by atoms with E-state index in [0.717, 1.165) is 11.3 Å². The van der Waals surface area contributed by atoms with E-state index >= 15 is 0 Å². The van der Waals surface area contributed by atoms with Crippen LogP contribution in [0.15, 0.2) is 170 Å². The van der Waals surface area contributed by atoms with Crippen molar-refractivity contribution >= 4 is 21.5 Å². The highest BCUT2D eigenvalue weighted by atomic mass is 16.5. The summed E-state index contributed by atoms with van der Waals surface area (Å²) in [5.74, 6) is 1.27. The zero-order valence-electron chi connectivity index (χ0n) is 24.7. The van der Waals surface area contributed by atoms with Gasteiger partial charge in [-0.25, -0.2) is 0 Å². The van der Waals surface area contributed by atoms with Crippen LogP contribution in [0, 0.1) is 0 Å². The first-order valence-electron chi connectivity index (χ1n) is 15.7. The molecular formula is C44H30O. The molecule has 0 saturated carbocycles. The number of hydrogen-bond acceptors (Lipinski definition) is 1. The minimum absolute atomic E-state index is 0.0635. The van der Waals surface area contributed by atoms with Gasteiger partial charge in [0, 0.05) is 17.0 Å². The molecule has 0 spiro atoms. The Kier molecular flexibility index (Phi) is 6.02. The molecule has 0 fully saturated rings. The van der Waals surface area contributed by atoms with Crippen LogP contribution < -0.4 is 4.74 Å². The summed E-state index contributed by atoms with van der Waals surface area (Å²) in [4.78, 5) is 0. The molecule has 0 bridgehead atoms. The minimum Gasteiger partial charge on any atom is -0.484 e. The molecule has 0 radical (unpaired) electrons. The molecule has 2 aliphatic rings. The summed E-state index contributed by atoms with van der Waals surface area (Å²) in [7, 11) is 0. The lowest BCUT2D eigenvalue weighted by molar-refractivity contribution is 0.270. The third-order valence-electron chi connectivity index (χ3n) is 9.42. The summed E-state index contributed by atoms with van der Waals surface area (Å²) in [6, 6.07) is 52.9. The average molecular weight is 575 g/mol. The molecule has 1 heterocycles. The fraction of sp³-hybridized carbons (Fsp3) is 0.0455. The molecule has 0 saturated heterocycles. The van der Waals surface area contributed by atoms with Gasteiger partial charge < -0.3 is 4.74 Å². The highest BCUT2D eigenvalue weighted by Crippen LogP contribution is 2.49. The van der Waals surface area contributed by atoms with Gasteiger partial charge in [-0.3, -0.25) is 0 Å². The summed E-state index contributed by atoms with van der Waals surface area (Å²) < 4.78 is 6.56. The summed E-state index contributed by atoms with van der Waals surface area (Å²) in [6.45, 7) is 0. The number of benzene rings is 7. The maximum Gasteiger partial charge on any atom is 0.132 e. The molecule has 212 valence electrons. The Morgan fingerprint density at radius 3 is 1.71 bits per heavy atom. The largest absolute Gasteiger partial charge is 0.484 e. The fourth-order valence-corrected chi connectivity index (χ4v) is 7.43. The van der Waals surface area contributed by atoms with E-state index in [9.17, 15) is 0 Å². The third-order valence-corrected chi connectivity index (χ3v) is 9.42. The van der Waals surface area contributed by atoms with Crippen molar-refractivity contribution in [2.24, 2.45) is 0 Å². The van der Waals surface area contributed by atoms with Gasteiger partial charge >= 0.3 is 0 Å². The number of ether oxygens (including phenoxy) is 1. The lowest BCUT2D eigenvalue weighted by atomic mass is 9.83. The van der Waals surface area contributed by atoms with Crippen LogP contribution in [-0.4, -0.2) is 6.10 Å². The van der Waals surface area contributed by atoms with Gasteiger partial charge in [-0.1, -0.05) is 158 Å². The predicted octanol–water partition coefficient (Wildman–Crippen LogP) is 11.6. The van der Waals surface area contributed by atoms with Crippen molar-refractivity contribution in [3.8, 4) is 50.3 Å². The van der Waals surface area contributed by atoms with Gasteiger partial charge in [0.15, 0.2) is 0 Å². The van der Waals surface area contributed by atoms with E-state index < -0.39 is 0 Å². The molecule has 0 aromatic heterocycles. The van der Waals surface area contributed by atoms with Crippen LogP contribution in [0.3, 0.4) is 0 Å². The van der Waals surface area contributed by atoms with Crippen molar-refractivity contribution in [3.63, 3.8) is 0 Å².